The Bertz CT molecular complexity index is 592. The fourth-order valence-electron chi connectivity index (χ4n) is 5.72. The summed E-state index contributed by atoms with van der Waals surface area (Å²) >= 11 is 0. The maximum absolute atomic E-state index is 2.60. The van der Waals surface area contributed by atoms with Crippen molar-refractivity contribution < 1.29 is 0 Å². The molecule has 0 unspecified atom stereocenters. The van der Waals surface area contributed by atoms with Crippen LogP contribution in [0.3, 0.4) is 0 Å². The number of rotatable bonds is 18. The lowest BCUT2D eigenvalue weighted by Gasteiger charge is -2.32. The average Bonchev–Trinajstić information content (AvgIpc) is 2.76. The van der Waals surface area contributed by atoms with Gasteiger partial charge in [0.25, 0.3) is 0 Å². The molecule has 0 atom stereocenters. The van der Waals surface area contributed by atoms with E-state index in [-0.39, 0.29) is 0 Å². The van der Waals surface area contributed by atoms with E-state index in [4.69, 9.17) is 0 Å². The van der Waals surface area contributed by atoms with Crippen molar-refractivity contribution >= 4 is 55.9 Å². The van der Waals surface area contributed by atoms with Gasteiger partial charge >= 0.3 is 0 Å². The molecule has 4 radical (unpaired) electrons. The van der Waals surface area contributed by atoms with Crippen molar-refractivity contribution in [3.8, 4) is 0 Å². The molecule has 0 heterocycles. The number of hydrogen-bond donors (Lipinski definition) is 0. The number of hydrogen-bond acceptors (Lipinski definition) is 0. The fourth-order valence-corrected chi connectivity index (χ4v) is 15.0. The lowest BCUT2D eigenvalue weighted by atomic mass is 10.00. The second-order valence-electron chi connectivity index (χ2n) is 11.5. The van der Waals surface area contributed by atoms with E-state index in [1.807, 2.05) is 31.9 Å². The lowest BCUT2D eigenvalue weighted by Crippen LogP contribution is -2.61. The van der Waals surface area contributed by atoms with Gasteiger partial charge in [-0.05, 0) is 25.7 Å². The third-order valence-corrected chi connectivity index (χ3v) is 14.0. The van der Waals surface area contributed by atoms with E-state index in [1.54, 1.807) is 0 Å². The Kier molecular flexibility index (Phi) is 16.6. The standard InChI is InChI=1S/C30H58Si4/c1-11-13-15-17-19-21-23-25-27(31(3)4)29(33(7)8)26(24-22-20-18-16-14-12-2)30(34(9)10)28(25)32(5)6/h11-24H2,1-10H3. The van der Waals surface area contributed by atoms with Gasteiger partial charge in [-0.2, -0.15) is 0 Å². The summed E-state index contributed by atoms with van der Waals surface area (Å²) in [4.78, 5) is 0. The van der Waals surface area contributed by atoms with Crippen molar-refractivity contribution in [3.05, 3.63) is 11.1 Å². The Morgan fingerprint density at radius 1 is 0.353 bits per heavy atom. The van der Waals surface area contributed by atoms with Gasteiger partial charge in [0.05, 0.1) is 35.2 Å². The zero-order chi connectivity index (χ0) is 25.7. The van der Waals surface area contributed by atoms with Gasteiger partial charge in [0.1, 0.15) is 0 Å². The van der Waals surface area contributed by atoms with Crippen LogP contribution < -0.4 is 20.7 Å². The van der Waals surface area contributed by atoms with Crippen molar-refractivity contribution in [3.63, 3.8) is 0 Å². The second-order valence-corrected chi connectivity index (χ2v) is 21.5. The van der Waals surface area contributed by atoms with Crippen LogP contribution >= 0.6 is 0 Å². The minimum atomic E-state index is -0.474. The number of unbranched alkanes of at least 4 members (excludes halogenated alkanes) is 10. The van der Waals surface area contributed by atoms with E-state index in [9.17, 15) is 0 Å². The van der Waals surface area contributed by atoms with E-state index < -0.39 is 35.2 Å². The summed E-state index contributed by atoms with van der Waals surface area (Å²) < 4.78 is 0. The van der Waals surface area contributed by atoms with Crippen molar-refractivity contribution in [2.75, 3.05) is 0 Å². The Morgan fingerprint density at radius 2 is 0.588 bits per heavy atom. The average molecular weight is 531 g/mol. The molecular weight excluding hydrogens is 473 g/mol. The molecule has 0 bridgehead atoms. The molecule has 0 nitrogen and oxygen atoms in total. The van der Waals surface area contributed by atoms with Gasteiger partial charge in [-0.1, -0.05) is 162 Å². The van der Waals surface area contributed by atoms with Crippen LogP contribution in [0.5, 0.6) is 0 Å². The zero-order valence-electron chi connectivity index (χ0n) is 24.9. The first kappa shape index (κ1) is 32.1. The summed E-state index contributed by atoms with van der Waals surface area (Å²) in [6.07, 6.45) is 19.7. The maximum Gasteiger partial charge on any atom is 0.0793 e. The summed E-state index contributed by atoms with van der Waals surface area (Å²) in [5, 5.41) is 7.69. The zero-order valence-corrected chi connectivity index (χ0v) is 28.9. The smallest absolute Gasteiger partial charge is 0.0671 e. The molecule has 0 aromatic heterocycles. The Hall–Kier alpha value is 0.0875. The predicted octanol–water partition coefficient (Wildman–Crippen LogP) is 7.34. The van der Waals surface area contributed by atoms with E-state index in [1.165, 1.54) is 89.9 Å². The normalized spacial score (nSPS) is 12.2. The van der Waals surface area contributed by atoms with Gasteiger partial charge in [-0.25, -0.2) is 0 Å². The molecule has 194 valence electrons. The minimum absolute atomic E-state index is 0.474. The van der Waals surface area contributed by atoms with E-state index in [0.717, 1.165) is 0 Å². The fraction of sp³-hybridized carbons (Fsp3) is 0.800. The molecule has 0 amide bonds. The quantitative estimate of drug-likeness (QED) is 0.138. The van der Waals surface area contributed by atoms with Gasteiger partial charge in [-0.15, -0.1) is 0 Å². The minimum Gasteiger partial charge on any atom is -0.0671 e. The summed E-state index contributed by atoms with van der Waals surface area (Å²) in [6.45, 7) is 25.4. The van der Waals surface area contributed by atoms with Crippen molar-refractivity contribution in [2.24, 2.45) is 0 Å². The molecule has 34 heavy (non-hydrogen) atoms. The van der Waals surface area contributed by atoms with E-state index in [2.05, 4.69) is 66.2 Å². The molecule has 0 aliphatic heterocycles. The topological polar surface area (TPSA) is 0 Å². The molecule has 0 N–H and O–H groups in total. The summed E-state index contributed by atoms with van der Waals surface area (Å²) in [5.74, 6) is 0. The third-order valence-electron chi connectivity index (χ3n) is 7.27. The van der Waals surface area contributed by atoms with E-state index in [0.29, 0.717) is 0 Å². The first-order valence-electron chi connectivity index (χ1n) is 14.6. The summed E-state index contributed by atoms with van der Waals surface area (Å²) in [7, 11) is -1.90. The Morgan fingerprint density at radius 3 is 0.824 bits per heavy atom. The Labute approximate surface area is 222 Å². The third kappa shape index (κ3) is 9.86. The van der Waals surface area contributed by atoms with Gasteiger partial charge in [0.15, 0.2) is 0 Å². The second kappa shape index (κ2) is 17.5. The first-order chi connectivity index (χ1) is 16.2. The van der Waals surface area contributed by atoms with Crippen LogP contribution in [0.15, 0.2) is 0 Å². The molecule has 1 rings (SSSR count). The molecule has 1 aromatic rings. The first-order valence-corrected chi connectivity index (χ1v) is 24.6. The predicted molar refractivity (Wildman–Crippen MR) is 169 cm³/mol. The van der Waals surface area contributed by atoms with Crippen LogP contribution in [-0.4, -0.2) is 35.2 Å². The molecule has 0 spiro atoms. The highest BCUT2D eigenvalue weighted by molar-refractivity contribution is 6.88. The molecule has 1 aromatic carbocycles. The molecule has 0 saturated heterocycles. The van der Waals surface area contributed by atoms with Crippen molar-refractivity contribution in [2.45, 2.75) is 156 Å². The van der Waals surface area contributed by atoms with Crippen LogP contribution in [0.25, 0.3) is 0 Å². The number of benzene rings is 1. The monoisotopic (exact) mass is 530 g/mol. The van der Waals surface area contributed by atoms with Gasteiger partial charge in [0.2, 0.25) is 0 Å². The highest BCUT2D eigenvalue weighted by atomic mass is 28.3. The Balaban J connectivity index is 3.46. The van der Waals surface area contributed by atoms with Crippen LogP contribution in [0.4, 0.5) is 0 Å². The van der Waals surface area contributed by atoms with Gasteiger partial charge in [-0.3, -0.25) is 0 Å². The van der Waals surface area contributed by atoms with Gasteiger partial charge < -0.3 is 0 Å². The highest BCUT2D eigenvalue weighted by Crippen LogP contribution is 2.14. The van der Waals surface area contributed by atoms with Crippen LogP contribution in [0.1, 0.15) is 102 Å². The van der Waals surface area contributed by atoms with Crippen LogP contribution in [0.2, 0.25) is 52.4 Å². The lowest BCUT2D eigenvalue weighted by molar-refractivity contribution is 0.607. The molecule has 0 saturated carbocycles. The summed E-state index contributed by atoms with van der Waals surface area (Å²) in [6, 6.07) is 0. The molecule has 0 fully saturated rings. The van der Waals surface area contributed by atoms with Crippen molar-refractivity contribution in [1.82, 2.24) is 0 Å². The highest BCUT2D eigenvalue weighted by Gasteiger charge is 2.29. The molecule has 4 heteroatoms. The summed E-state index contributed by atoms with van der Waals surface area (Å²) in [5.41, 5.74) is 3.78. The van der Waals surface area contributed by atoms with Crippen molar-refractivity contribution in [1.29, 1.82) is 0 Å². The van der Waals surface area contributed by atoms with Crippen LogP contribution in [0, 0.1) is 0 Å². The molecule has 0 aliphatic carbocycles. The van der Waals surface area contributed by atoms with Gasteiger partial charge in [0, 0.05) is 0 Å². The molecule has 0 aliphatic rings. The van der Waals surface area contributed by atoms with Crippen LogP contribution in [-0.2, 0) is 12.8 Å². The molecular formula is C30H58Si4. The maximum atomic E-state index is 2.60. The largest absolute Gasteiger partial charge is 0.0793 e. The SMILES string of the molecule is CCCCCCCCc1c([Si](C)C)c([Si](C)C)c(CCCCCCCC)c([Si](C)C)c1[Si](C)C. The van der Waals surface area contributed by atoms with E-state index >= 15 is 0 Å².